The lowest BCUT2D eigenvalue weighted by molar-refractivity contribution is 0.114. The largest absolute Gasteiger partial charge is 0.471 e. The fourth-order valence-corrected chi connectivity index (χ4v) is 3.95. The molecule has 1 saturated heterocycles. The zero-order chi connectivity index (χ0) is 15.5. The number of hydrogen-bond donors (Lipinski definition) is 1. The lowest BCUT2D eigenvalue weighted by Gasteiger charge is -2.40. The van der Waals surface area contributed by atoms with E-state index in [9.17, 15) is 0 Å². The number of hydrogen-bond acceptors (Lipinski definition) is 3. The van der Waals surface area contributed by atoms with Gasteiger partial charge in [0.2, 0.25) is 0 Å². The van der Waals surface area contributed by atoms with E-state index in [4.69, 9.17) is 16.3 Å². The maximum Gasteiger partial charge on any atom is 0.159 e. The highest BCUT2D eigenvalue weighted by molar-refractivity contribution is 6.31. The molecule has 0 aromatic heterocycles. The fraction of sp³-hybridized carbons (Fsp3) is 0.556. The molecule has 3 nitrogen and oxygen atoms in total. The van der Waals surface area contributed by atoms with Crippen molar-refractivity contribution in [3.05, 3.63) is 35.4 Å². The van der Waals surface area contributed by atoms with Crippen molar-refractivity contribution in [1.29, 1.82) is 0 Å². The van der Waals surface area contributed by atoms with Crippen LogP contribution in [-0.4, -0.2) is 30.8 Å². The molecule has 0 amide bonds. The average molecular weight is 321 g/mol. The van der Waals surface area contributed by atoms with Crippen molar-refractivity contribution in [1.82, 2.24) is 4.90 Å². The summed E-state index contributed by atoms with van der Waals surface area (Å²) in [5.74, 6) is 1.47. The first-order valence-corrected chi connectivity index (χ1v) is 8.66. The second-order valence-electron chi connectivity index (χ2n) is 6.25. The number of piperidine rings is 1. The average Bonchev–Trinajstić information content (AvgIpc) is 2.96. The topological polar surface area (TPSA) is 24.5 Å². The van der Waals surface area contributed by atoms with Crippen LogP contribution in [0, 0.1) is 5.92 Å². The normalized spacial score (nSPS) is 24.5. The van der Waals surface area contributed by atoms with Crippen LogP contribution in [0.15, 0.2) is 24.8 Å². The standard InChI is InChI=1S/C18H25ClN2O/c1-3-7-21-8-5-6-13(4-2)17(21)9-14-10-18-16(11-15(14)19)20-12-22-18/h4,10-11,13,17,20H,2-3,5-9,12H2,1H3/t13-,17?/m1/s1. The first-order valence-electron chi connectivity index (χ1n) is 8.28. The van der Waals surface area contributed by atoms with Crippen LogP contribution in [0.2, 0.25) is 5.02 Å². The third-order valence-corrected chi connectivity index (χ3v) is 5.18. The molecule has 1 N–H and O–H groups in total. The van der Waals surface area contributed by atoms with Gasteiger partial charge in [-0.1, -0.05) is 24.6 Å². The van der Waals surface area contributed by atoms with Gasteiger partial charge in [0, 0.05) is 11.1 Å². The first-order chi connectivity index (χ1) is 10.7. The van der Waals surface area contributed by atoms with Gasteiger partial charge in [-0.25, -0.2) is 0 Å². The van der Waals surface area contributed by atoms with Crippen LogP contribution in [0.4, 0.5) is 5.69 Å². The van der Waals surface area contributed by atoms with Gasteiger partial charge in [0.05, 0.1) is 5.69 Å². The van der Waals surface area contributed by atoms with Gasteiger partial charge < -0.3 is 10.1 Å². The maximum atomic E-state index is 6.50. The van der Waals surface area contributed by atoms with E-state index in [1.54, 1.807) is 0 Å². The second kappa shape index (κ2) is 6.93. The Morgan fingerprint density at radius 3 is 3.14 bits per heavy atom. The van der Waals surface area contributed by atoms with E-state index in [1.807, 2.05) is 6.07 Å². The molecule has 0 bridgehead atoms. The molecule has 0 radical (unpaired) electrons. The van der Waals surface area contributed by atoms with E-state index in [-0.39, 0.29) is 0 Å². The number of fused-ring (bicyclic) bond motifs is 1. The summed E-state index contributed by atoms with van der Waals surface area (Å²) in [7, 11) is 0. The predicted octanol–water partition coefficient (Wildman–Crippen LogP) is 4.32. The molecule has 1 aromatic carbocycles. The van der Waals surface area contributed by atoms with Crippen molar-refractivity contribution in [3.63, 3.8) is 0 Å². The molecule has 0 aliphatic carbocycles. The molecule has 2 aliphatic rings. The summed E-state index contributed by atoms with van der Waals surface area (Å²) in [5.41, 5.74) is 2.19. The van der Waals surface area contributed by atoms with Gasteiger partial charge in [0.25, 0.3) is 0 Å². The Labute approximate surface area is 138 Å². The molecular weight excluding hydrogens is 296 g/mol. The van der Waals surface area contributed by atoms with Crippen LogP contribution in [-0.2, 0) is 6.42 Å². The Morgan fingerprint density at radius 2 is 2.36 bits per heavy atom. The number of rotatable bonds is 5. The Hall–Kier alpha value is -1.19. The summed E-state index contributed by atoms with van der Waals surface area (Å²) in [6, 6.07) is 4.60. The highest BCUT2D eigenvalue weighted by atomic mass is 35.5. The first kappa shape index (κ1) is 15.7. The fourth-order valence-electron chi connectivity index (χ4n) is 3.71. The lowest BCUT2D eigenvalue weighted by atomic mass is 9.85. The van der Waals surface area contributed by atoms with Gasteiger partial charge in [-0.2, -0.15) is 0 Å². The molecular formula is C18H25ClN2O. The van der Waals surface area contributed by atoms with Crippen molar-refractivity contribution in [2.24, 2.45) is 5.92 Å². The highest BCUT2D eigenvalue weighted by Crippen LogP contribution is 2.37. The van der Waals surface area contributed by atoms with Crippen molar-refractivity contribution < 1.29 is 4.74 Å². The van der Waals surface area contributed by atoms with Crippen LogP contribution < -0.4 is 10.1 Å². The molecule has 1 fully saturated rings. The molecule has 22 heavy (non-hydrogen) atoms. The number of anilines is 1. The molecule has 2 atom stereocenters. The lowest BCUT2D eigenvalue weighted by Crippen LogP contribution is -2.46. The molecule has 1 aromatic rings. The van der Waals surface area contributed by atoms with Crippen LogP contribution in [0.3, 0.4) is 0 Å². The summed E-state index contributed by atoms with van der Waals surface area (Å²) in [6.45, 7) is 9.17. The van der Waals surface area contributed by atoms with Gasteiger partial charge in [-0.05, 0) is 62.4 Å². The monoisotopic (exact) mass is 320 g/mol. The molecule has 0 saturated carbocycles. The third kappa shape index (κ3) is 3.11. The van der Waals surface area contributed by atoms with E-state index < -0.39 is 0 Å². The number of nitrogens with one attached hydrogen (secondary N) is 1. The van der Waals surface area contributed by atoms with E-state index in [0.29, 0.717) is 18.7 Å². The van der Waals surface area contributed by atoms with E-state index in [0.717, 1.165) is 29.4 Å². The van der Waals surface area contributed by atoms with Gasteiger partial charge >= 0.3 is 0 Å². The van der Waals surface area contributed by atoms with Gasteiger partial charge in [0.1, 0.15) is 5.75 Å². The molecule has 120 valence electrons. The third-order valence-electron chi connectivity index (χ3n) is 4.83. The summed E-state index contributed by atoms with van der Waals surface area (Å²) < 4.78 is 5.61. The van der Waals surface area contributed by atoms with Crippen molar-refractivity contribution >= 4 is 17.3 Å². The Balaban J connectivity index is 1.83. The Morgan fingerprint density at radius 1 is 1.50 bits per heavy atom. The minimum Gasteiger partial charge on any atom is -0.471 e. The summed E-state index contributed by atoms with van der Waals surface area (Å²) in [5, 5.41) is 4.02. The Kier molecular flexibility index (Phi) is 4.94. The van der Waals surface area contributed by atoms with E-state index in [1.165, 1.54) is 31.4 Å². The van der Waals surface area contributed by atoms with E-state index >= 15 is 0 Å². The smallest absolute Gasteiger partial charge is 0.159 e. The van der Waals surface area contributed by atoms with Gasteiger partial charge in [0.15, 0.2) is 6.73 Å². The number of nitrogens with zero attached hydrogens (tertiary/aromatic N) is 1. The zero-order valence-corrected chi connectivity index (χ0v) is 14.0. The molecule has 2 aliphatic heterocycles. The van der Waals surface area contributed by atoms with Crippen molar-refractivity contribution in [2.75, 3.05) is 25.1 Å². The molecule has 2 heterocycles. The Bertz CT molecular complexity index is 544. The number of benzene rings is 1. The number of ether oxygens (including phenoxy) is 1. The molecule has 1 unspecified atom stereocenters. The minimum absolute atomic E-state index is 0.496. The minimum atomic E-state index is 0.496. The molecule has 3 rings (SSSR count). The maximum absolute atomic E-state index is 6.50. The van der Waals surface area contributed by atoms with Gasteiger partial charge in [-0.3, -0.25) is 4.90 Å². The molecule has 0 spiro atoms. The quantitative estimate of drug-likeness (QED) is 0.818. The van der Waals surface area contributed by atoms with Crippen LogP contribution in [0.1, 0.15) is 31.7 Å². The second-order valence-corrected chi connectivity index (χ2v) is 6.66. The molecule has 4 heteroatoms. The van der Waals surface area contributed by atoms with E-state index in [2.05, 4.69) is 35.9 Å². The number of halogens is 1. The van der Waals surface area contributed by atoms with Crippen LogP contribution >= 0.6 is 11.6 Å². The summed E-state index contributed by atoms with van der Waals surface area (Å²) in [4.78, 5) is 2.61. The van der Waals surface area contributed by atoms with Gasteiger partial charge in [-0.15, -0.1) is 6.58 Å². The number of likely N-dealkylation sites (tertiary alicyclic amines) is 1. The summed E-state index contributed by atoms with van der Waals surface area (Å²) >= 11 is 6.50. The SMILES string of the molecule is C=C[C@@H]1CCCN(CCC)C1Cc1cc2c(cc1Cl)NCO2. The van der Waals surface area contributed by atoms with Crippen LogP contribution in [0.5, 0.6) is 5.75 Å². The predicted molar refractivity (Wildman–Crippen MR) is 92.8 cm³/mol. The van der Waals surface area contributed by atoms with Crippen LogP contribution in [0.25, 0.3) is 0 Å². The highest BCUT2D eigenvalue weighted by Gasteiger charge is 2.30. The van der Waals surface area contributed by atoms with Crippen molar-refractivity contribution in [2.45, 2.75) is 38.6 Å². The summed E-state index contributed by atoms with van der Waals surface area (Å²) in [6.07, 6.45) is 6.77. The van der Waals surface area contributed by atoms with Crippen molar-refractivity contribution in [3.8, 4) is 5.75 Å². The zero-order valence-electron chi connectivity index (χ0n) is 13.3.